The van der Waals surface area contributed by atoms with E-state index in [2.05, 4.69) is 23.9 Å². The van der Waals surface area contributed by atoms with E-state index in [0.29, 0.717) is 5.57 Å². The minimum atomic E-state index is 0.444. The lowest BCUT2D eigenvalue weighted by atomic mass is 10.1. The summed E-state index contributed by atoms with van der Waals surface area (Å²) in [7, 11) is 0. The Balaban J connectivity index is 2.79. The summed E-state index contributed by atoms with van der Waals surface area (Å²) < 4.78 is 0. The highest BCUT2D eigenvalue weighted by Crippen LogP contribution is 2.22. The molecule has 2 heteroatoms. The van der Waals surface area contributed by atoms with Crippen LogP contribution in [0.15, 0.2) is 41.6 Å². The average Bonchev–Trinajstić information content (AvgIpc) is 2.60. The first-order valence-corrected chi connectivity index (χ1v) is 5.08. The molecule has 0 radical (unpaired) electrons. The van der Waals surface area contributed by atoms with Gasteiger partial charge in [-0.05, 0) is 40.5 Å². The second-order valence-electron chi connectivity index (χ2n) is 2.96. The molecule has 0 saturated carbocycles. The van der Waals surface area contributed by atoms with E-state index < -0.39 is 0 Å². The number of thiophene rings is 1. The average molecular weight is 201 g/mol. The van der Waals surface area contributed by atoms with Crippen LogP contribution >= 0.6 is 11.3 Å². The van der Waals surface area contributed by atoms with E-state index >= 15 is 0 Å². The van der Waals surface area contributed by atoms with Crippen molar-refractivity contribution in [3.8, 4) is 6.07 Å². The van der Waals surface area contributed by atoms with Gasteiger partial charge in [-0.15, -0.1) is 0 Å². The van der Waals surface area contributed by atoms with Crippen molar-refractivity contribution in [3.05, 3.63) is 52.8 Å². The van der Waals surface area contributed by atoms with Crippen molar-refractivity contribution in [1.29, 1.82) is 5.26 Å². The predicted octanol–water partition coefficient (Wildman–Crippen LogP) is 3.71. The molecule has 0 unspecified atom stereocenters. The highest BCUT2D eigenvalue weighted by molar-refractivity contribution is 7.08. The van der Waals surface area contributed by atoms with Crippen LogP contribution < -0.4 is 0 Å². The van der Waals surface area contributed by atoms with Crippen molar-refractivity contribution < 1.29 is 0 Å². The molecule has 1 aromatic heterocycles. The van der Waals surface area contributed by atoms with Crippen LogP contribution in [0, 0.1) is 18.3 Å². The maximum absolute atomic E-state index is 8.50. The minimum Gasteiger partial charge on any atom is -0.192 e. The third-order valence-electron chi connectivity index (χ3n) is 1.83. The molecule has 0 amide bonds. The van der Waals surface area contributed by atoms with Gasteiger partial charge in [0.15, 0.2) is 0 Å². The van der Waals surface area contributed by atoms with Crippen LogP contribution in [-0.2, 0) is 0 Å². The maximum atomic E-state index is 8.50. The van der Waals surface area contributed by atoms with Crippen LogP contribution in [-0.4, -0.2) is 0 Å². The molecule has 0 atom stereocenters. The van der Waals surface area contributed by atoms with Crippen molar-refractivity contribution in [2.45, 2.75) is 6.92 Å². The smallest absolute Gasteiger partial charge is 0.0985 e. The zero-order valence-electron chi connectivity index (χ0n) is 8.08. The number of nitrogens with zero attached hydrogens (tertiary/aromatic N) is 1. The number of allylic oxidation sites excluding steroid dienone is 4. The van der Waals surface area contributed by atoms with Gasteiger partial charge in [-0.2, -0.15) is 16.6 Å². The minimum absolute atomic E-state index is 0.444. The Morgan fingerprint density at radius 1 is 1.43 bits per heavy atom. The second kappa shape index (κ2) is 4.59. The summed E-state index contributed by atoms with van der Waals surface area (Å²) in [4.78, 5) is 0. The van der Waals surface area contributed by atoms with E-state index in [1.165, 1.54) is 5.56 Å². The molecule has 0 aromatic carbocycles. The van der Waals surface area contributed by atoms with Crippen molar-refractivity contribution in [2.24, 2.45) is 0 Å². The van der Waals surface area contributed by atoms with Crippen molar-refractivity contribution in [3.63, 3.8) is 0 Å². The van der Waals surface area contributed by atoms with Gasteiger partial charge < -0.3 is 0 Å². The molecule has 14 heavy (non-hydrogen) atoms. The monoisotopic (exact) mass is 201 g/mol. The van der Waals surface area contributed by atoms with Gasteiger partial charge in [-0.3, -0.25) is 0 Å². The van der Waals surface area contributed by atoms with Crippen molar-refractivity contribution in [2.75, 3.05) is 0 Å². The molecule has 1 rings (SSSR count). The SMILES string of the molecule is C=C(C#N)/C=C\C(=C)c1cscc1C. The van der Waals surface area contributed by atoms with Gasteiger partial charge in [0.25, 0.3) is 0 Å². The van der Waals surface area contributed by atoms with Crippen LogP contribution in [0.2, 0.25) is 0 Å². The second-order valence-corrected chi connectivity index (χ2v) is 3.71. The first kappa shape index (κ1) is 10.5. The summed E-state index contributed by atoms with van der Waals surface area (Å²) in [5.41, 5.74) is 3.71. The molecule has 1 aromatic rings. The van der Waals surface area contributed by atoms with Crippen LogP contribution in [0.1, 0.15) is 11.1 Å². The lowest BCUT2D eigenvalue weighted by Crippen LogP contribution is -1.78. The predicted molar refractivity (Wildman–Crippen MR) is 62.0 cm³/mol. The summed E-state index contributed by atoms with van der Waals surface area (Å²) in [5.74, 6) is 0. The van der Waals surface area contributed by atoms with E-state index in [1.807, 2.05) is 19.1 Å². The highest BCUT2D eigenvalue weighted by atomic mass is 32.1. The molecule has 0 saturated heterocycles. The standard InChI is InChI=1S/C12H11NS/c1-9(6-13)4-5-10(2)12-8-14-7-11(12)3/h4-5,7-8H,1-2H2,3H3/b5-4-. The largest absolute Gasteiger partial charge is 0.192 e. The number of hydrogen-bond acceptors (Lipinski definition) is 2. The lowest BCUT2D eigenvalue weighted by molar-refractivity contribution is 1.50. The van der Waals surface area contributed by atoms with Gasteiger partial charge in [0.2, 0.25) is 0 Å². The number of nitriles is 1. The molecule has 0 aliphatic carbocycles. The molecule has 0 aliphatic heterocycles. The molecule has 0 N–H and O–H groups in total. The van der Waals surface area contributed by atoms with E-state index in [1.54, 1.807) is 17.4 Å². The summed E-state index contributed by atoms with van der Waals surface area (Å²) in [6.45, 7) is 9.54. The molecule has 70 valence electrons. The number of hydrogen-bond donors (Lipinski definition) is 0. The Morgan fingerprint density at radius 2 is 2.14 bits per heavy atom. The first-order chi connectivity index (χ1) is 6.65. The maximum Gasteiger partial charge on any atom is 0.0985 e. The normalized spacial score (nSPS) is 10.0. The fourth-order valence-corrected chi connectivity index (χ4v) is 1.89. The molecule has 0 bridgehead atoms. The summed E-state index contributed by atoms with van der Waals surface area (Å²) in [6.07, 6.45) is 3.50. The first-order valence-electron chi connectivity index (χ1n) is 4.14. The molecule has 0 aliphatic rings. The summed E-state index contributed by atoms with van der Waals surface area (Å²) in [6, 6.07) is 1.96. The van der Waals surface area contributed by atoms with Gasteiger partial charge in [0.1, 0.15) is 0 Å². The van der Waals surface area contributed by atoms with Gasteiger partial charge in [0, 0.05) is 5.57 Å². The van der Waals surface area contributed by atoms with Crippen molar-refractivity contribution >= 4 is 16.9 Å². The molecular formula is C12H11NS. The van der Waals surface area contributed by atoms with Crippen LogP contribution in [0.25, 0.3) is 5.57 Å². The number of rotatable bonds is 3. The quantitative estimate of drug-likeness (QED) is 0.540. The Hall–Kier alpha value is -1.59. The zero-order chi connectivity index (χ0) is 10.6. The fourth-order valence-electron chi connectivity index (χ4n) is 1.02. The Bertz CT molecular complexity index is 429. The zero-order valence-corrected chi connectivity index (χ0v) is 8.90. The van der Waals surface area contributed by atoms with Gasteiger partial charge in [-0.25, -0.2) is 0 Å². The summed E-state index contributed by atoms with van der Waals surface area (Å²) >= 11 is 1.65. The van der Waals surface area contributed by atoms with Crippen molar-refractivity contribution in [1.82, 2.24) is 0 Å². The molecule has 1 heterocycles. The van der Waals surface area contributed by atoms with E-state index in [4.69, 9.17) is 5.26 Å². The Morgan fingerprint density at radius 3 is 2.64 bits per heavy atom. The van der Waals surface area contributed by atoms with E-state index in [9.17, 15) is 0 Å². The molecule has 1 nitrogen and oxygen atoms in total. The summed E-state index contributed by atoms with van der Waals surface area (Å²) in [5, 5.41) is 12.6. The fraction of sp³-hybridized carbons (Fsp3) is 0.0833. The molecular weight excluding hydrogens is 190 g/mol. The molecule has 0 fully saturated rings. The van der Waals surface area contributed by atoms with E-state index in [0.717, 1.165) is 11.1 Å². The van der Waals surface area contributed by atoms with Gasteiger partial charge in [0.05, 0.1) is 6.07 Å². The highest BCUT2D eigenvalue weighted by Gasteiger charge is 2.00. The van der Waals surface area contributed by atoms with Crippen LogP contribution in [0.4, 0.5) is 0 Å². The lowest BCUT2D eigenvalue weighted by Gasteiger charge is -1.97. The van der Waals surface area contributed by atoms with Crippen LogP contribution in [0.5, 0.6) is 0 Å². The van der Waals surface area contributed by atoms with Gasteiger partial charge in [-0.1, -0.05) is 19.2 Å². The topological polar surface area (TPSA) is 23.8 Å². The number of aryl methyl sites for hydroxylation is 1. The van der Waals surface area contributed by atoms with Crippen LogP contribution in [0.3, 0.4) is 0 Å². The van der Waals surface area contributed by atoms with Gasteiger partial charge >= 0.3 is 0 Å². The molecule has 0 spiro atoms. The third kappa shape index (κ3) is 2.45. The Labute approximate surface area is 88.3 Å². The third-order valence-corrected chi connectivity index (χ3v) is 2.69. The Kier molecular flexibility index (Phi) is 3.44. The van der Waals surface area contributed by atoms with E-state index in [-0.39, 0.29) is 0 Å².